The zero-order chi connectivity index (χ0) is 11.3. The van der Waals surface area contributed by atoms with Gasteiger partial charge in [0.05, 0.1) is 6.10 Å². The van der Waals surface area contributed by atoms with Gasteiger partial charge in [0, 0.05) is 6.42 Å². The summed E-state index contributed by atoms with van der Waals surface area (Å²) in [6.45, 7) is 5.48. The topological polar surface area (TPSA) is 46.5 Å². The predicted octanol–water partition coefficient (Wildman–Crippen LogP) is 2.73. The molecule has 3 heteroatoms. The van der Waals surface area contributed by atoms with Gasteiger partial charge in [-0.3, -0.25) is 0 Å². The van der Waals surface area contributed by atoms with Gasteiger partial charge in [0.25, 0.3) is 0 Å². The van der Waals surface area contributed by atoms with E-state index < -0.39 is 5.97 Å². The number of rotatable bonds is 5. The lowest BCUT2D eigenvalue weighted by Crippen LogP contribution is -2.12. The normalized spacial score (nSPS) is 11.8. The van der Waals surface area contributed by atoms with E-state index in [1.54, 1.807) is 24.3 Å². The number of carbonyl (C=O) groups is 1. The van der Waals surface area contributed by atoms with Crippen LogP contribution < -0.4 is 4.74 Å². The molecule has 0 radical (unpaired) electrons. The van der Waals surface area contributed by atoms with E-state index in [0.717, 1.165) is 0 Å². The summed E-state index contributed by atoms with van der Waals surface area (Å²) in [5.41, 5.74) is 0.188. The molecule has 80 valence electrons. The Labute approximate surface area is 89.0 Å². The maximum atomic E-state index is 10.9. The minimum atomic E-state index is -0.976. The van der Waals surface area contributed by atoms with Crippen LogP contribution in [0.25, 0.3) is 0 Å². The van der Waals surface area contributed by atoms with Crippen LogP contribution in [0, 0.1) is 0 Å². The van der Waals surface area contributed by atoms with Gasteiger partial charge in [0.1, 0.15) is 11.3 Å². The Kier molecular flexibility index (Phi) is 3.92. The molecule has 1 aromatic carbocycles. The van der Waals surface area contributed by atoms with Gasteiger partial charge in [-0.15, -0.1) is 6.58 Å². The van der Waals surface area contributed by atoms with Crippen molar-refractivity contribution in [1.29, 1.82) is 0 Å². The number of ether oxygens (including phenoxy) is 1. The highest BCUT2D eigenvalue weighted by atomic mass is 16.5. The SMILES string of the molecule is C=CCC(C)Oc1ccccc1C(=O)O. The molecule has 0 amide bonds. The Morgan fingerprint density at radius 1 is 1.60 bits per heavy atom. The molecule has 1 aromatic rings. The Morgan fingerprint density at radius 2 is 2.27 bits per heavy atom. The molecule has 0 aromatic heterocycles. The van der Waals surface area contributed by atoms with Crippen molar-refractivity contribution in [1.82, 2.24) is 0 Å². The fourth-order valence-corrected chi connectivity index (χ4v) is 1.25. The van der Waals surface area contributed by atoms with Crippen molar-refractivity contribution in [2.75, 3.05) is 0 Å². The van der Waals surface area contributed by atoms with Gasteiger partial charge < -0.3 is 9.84 Å². The summed E-state index contributed by atoms with van der Waals surface area (Å²) in [5.74, 6) is -0.573. The lowest BCUT2D eigenvalue weighted by molar-refractivity contribution is 0.0690. The summed E-state index contributed by atoms with van der Waals surface area (Å²) in [7, 11) is 0. The zero-order valence-electron chi connectivity index (χ0n) is 8.64. The van der Waals surface area contributed by atoms with Crippen molar-refractivity contribution in [3.05, 3.63) is 42.5 Å². The first-order valence-electron chi connectivity index (χ1n) is 4.75. The van der Waals surface area contributed by atoms with E-state index >= 15 is 0 Å². The molecule has 1 atom stereocenters. The summed E-state index contributed by atoms with van der Waals surface area (Å²) in [4.78, 5) is 10.9. The van der Waals surface area contributed by atoms with Crippen LogP contribution in [0.1, 0.15) is 23.7 Å². The van der Waals surface area contributed by atoms with Crippen LogP contribution in [0.2, 0.25) is 0 Å². The van der Waals surface area contributed by atoms with E-state index in [0.29, 0.717) is 12.2 Å². The van der Waals surface area contributed by atoms with Gasteiger partial charge in [-0.2, -0.15) is 0 Å². The number of carboxylic acid groups (broad SMARTS) is 1. The number of carboxylic acids is 1. The largest absolute Gasteiger partial charge is 0.489 e. The number of hydrogen-bond donors (Lipinski definition) is 1. The Morgan fingerprint density at radius 3 is 2.87 bits per heavy atom. The summed E-state index contributed by atoms with van der Waals surface area (Å²) in [5, 5.41) is 8.91. The fourth-order valence-electron chi connectivity index (χ4n) is 1.25. The van der Waals surface area contributed by atoms with Gasteiger partial charge in [-0.1, -0.05) is 18.2 Å². The third kappa shape index (κ3) is 3.13. The molecule has 0 aliphatic carbocycles. The molecule has 1 rings (SSSR count). The second-order valence-electron chi connectivity index (χ2n) is 3.25. The minimum Gasteiger partial charge on any atom is -0.489 e. The summed E-state index contributed by atoms with van der Waals surface area (Å²) in [6.07, 6.45) is 2.37. The van der Waals surface area contributed by atoms with Crippen LogP contribution in [-0.2, 0) is 0 Å². The molecule has 0 bridgehead atoms. The molecule has 0 heterocycles. The molecule has 0 fully saturated rings. The molecule has 3 nitrogen and oxygen atoms in total. The van der Waals surface area contributed by atoms with Crippen molar-refractivity contribution < 1.29 is 14.6 Å². The summed E-state index contributed by atoms with van der Waals surface area (Å²) >= 11 is 0. The quantitative estimate of drug-likeness (QED) is 0.753. The molecule has 1 N–H and O–H groups in total. The van der Waals surface area contributed by atoms with Crippen LogP contribution in [0.15, 0.2) is 36.9 Å². The van der Waals surface area contributed by atoms with Crippen LogP contribution in [0.4, 0.5) is 0 Å². The monoisotopic (exact) mass is 206 g/mol. The van der Waals surface area contributed by atoms with E-state index in [4.69, 9.17) is 9.84 Å². The number of benzene rings is 1. The van der Waals surface area contributed by atoms with Gasteiger partial charge in [-0.25, -0.2) is 4.79 Å². The van der Waals surface area contributed by atoms with Crippen LogP contribution in [0.3, 0.4) is 0 Å². The molecule has 0 spiro atoms. The van der Waals surface area contributed by atoms with E-state index in [9.17, 15) is 4.79 Å². The first-order valence-corrected chi connectivity index (χ1v) is 4.75. The number of aromatic carboxylic acids is 1. The molecular formula is C12H14O3. The smallest absolute Gasteiger partial charge is 0.339 e. The molecule has 0 aliphatic heterocycles. The van der Waals surface area contributed by atoms with Gasteiger partial charge in [0.2, 0.25) is 0 Å². The van der Waals surface area contributed by atoms with Crippen LogP contribution in [-0.4, -0.2) is 17.2 Å². The van der Waals surface area contributed by atoms with E-state index in [-0.39, 0.29) is 11.7 Å². The average molecular weight is 206 g/mol. The molecule has 0 saturated carbocycles. The third-order valence-electron chi connectivity index (χ3n) is 1.94. The lowest BCUT2D eigenvalue weighted by atomic mass is 10.2. The minimum absolute atomic E-state index is 0.0667. The van der Waals surface area contributed by atoms with Crippen LogP contribution >= 0.6 is 0 Å². The van der Waals surface area contributed by atoms with Gasteiger partial charge in [0.15, 0.2) is 0 Å². The Hall–Kier alpha value is -1.77. The standard InChI is InChI=1S/C12H14O3/c1-3-6-9(2)15-11-8-5-4-7-10(11)12(13)14/h3-5,7-9H,1,6H2,2H3,(H,13,14). The van der Waals surface area contributed by atoms with Gasteiger partial charge in [-0.05, 0) is 19.1 Å². The van der Waals surface area contributed by atoms with E-state index in [1.807, 2.05) is 6.92 Å². The van der Waals surface area contributed by atoms with E-state index in [2.05, 4.69) is 6.58 Å². The third-order valence-corrected chi connectivity index (χ3v) is 1.94. The number of hydrogen-bond acceptors (Lipinski definition) is 2. The molecular weight excluding hydrogens is 192 g/mol. The number of para-hydroxylation sites is 1. The maximum Gasteiger partial charge on any atom is 0.339 e. The molecule has 0 aliphatic rings. The first-order chi connectivity index (χ1) is 7.15. The first kappa shape index (κ1) is 11.3. The summed E-state index contributed by atoms with van der Waals surface area (Å²) < 4.78 is 5.50. The summed E-state index contributed by atoms with van der Waals surface area (Å²) in [6, 6.07) is 6.61. The van der Waals surface area contributed by atoms with Crippen LogP contribution in [0.5, 0.6) is 5.75 Å². The highest BCUT2D eigenvalue weighted by Crippen LogP contribution is 2.19. The van der Waals surface area contributed by atoms with Crippen molar-refractivity contribution in [3.63, 3.8) is 0 Å². The zero-order valence-corrected chi connectivity index (χ0v) is 8.64. The lowest BCUT2D eigenvalue weighted by Gasteiger charge is -2.14. The Balaban J connectivity index is 2.84. The van der Waals surface area contributed by atoms with Gasteiger partial charge >= 0.3 is 5.97 Å². The van der Waals surface area contributed by atoms with Crippen molar-refractivity contribution >= 4 is 5.97 Å². The molecule has 0 saturated heterocycles. The average Bonchev–Trinajstić information content (AvgIpc) is 2.18. The molecule has 15 heavy (non-hydrogen) atoms. The molecule has 1 unspecified atom stereocenters. The Bertz CT molecular complexity index is 358. The maximum absolute atomic E-state index is 10.9. The van der Waals surface area contributed by atoms with Crippen molar-refractivity contribution in [2.45, 2.75) is 19.4 Å². The highest BCUT2D eigenvalue weighted by Gasteiger charge is 2.11. The van der Waals surface area contributed by atoms with Crippen molar-refractivity contribution in [3.8, 4) is 5.75 Å². The second-order valence-corrected chi connectivity index (χ2v) is 3.25. The van der Waals surface area contributed by atoms with Crippen molar-refractivity contribution in [2.24, 2.45) is 0 Å². The second kappa shape index (κ2) is 5.20. The van der Waals surface area contributed by atoms with E-state index in [1.165, 1.54) is 6.07 Å². The highest BCUT2D eigenvalue weighted by molar-refractivity contribution is 5.90. The fraction of sp³-hybridized carbons (Fsp3) is 0.250. The predicted molar refractivity (Wildman–Crippen MR) is 58.3 cm³/mol.